The fourth-order valence-electron chi connectivity index (χ4n) is 2.51. The van der Waals surface area contributed by atoms with E-state index in [9.17, 15) is 20.2 Å². The largest absolute Gasteiger partial charge is 0.358 e. The standard InChI is InChI=1S/C16H13N5O4/c1-10-13(12-4-2-3-5-14(12)18-10)9-17-19-15-7-6-11(20(22)23)8-16(15)21(24)25/h2-9,18-19H,1H3/b17-9+. The fraction of sp³-hybridized carbons (Fsp3) is 0.0625. The minimum Gasteiger partial charge on any atom is -0.358 e. The summed E-state index contributed by atoms with van der Waals surface area (Å²) in [7, 11) is 0. The normalized spacial score (nSPS) is 11.1. The molecule has 2 aromatic carbocycles. The number of aromatic nitrogens is 1. The maximum Gasteiger partial charge on any atom is 0.301 e. The molecule has 126 valence electrons. The number of H-pyrrole nitrogens is 1. The van der Waals surface area contributed by atoms with Crippen molar-refractivity contribution in [1.29, 1.82) is 0 Å². The monoisotopic (exact) mass is 339 g/mol. The number of hydrogen-bond donors (Lipinski definition) is 2. The number of nitrogens with one attached hydrogen (secondary N) is 2. The number of nitrogens with zero attached hydrogens (tertiary/aromatic N) is 3. The second kappa shape index (κ2) is 6.40. The average molecular weight is 339 g/mol. The Morgan fingerprint density at radius 1 is 1.12 bits per heavy atom. The Kier molecular flexibility index (Phi) is 4.12. The lowest BCUT2D eigenvalue weighted by Gasteiger charge is -2.02. The number of hydrogen-bond acceptors (Lipinski definition) is 6. The third-order valence-corrected chi connectivity index (χ3v) is 3.71. The molecule has 2 N–H and O–H groups in total. The van der Waals surface area contributed by atoms with Gasteiger partial charge >= 0.3 is 5.69 Å². The maximum atomic E-state index is 11.1. The van der Waals surface area contributed by atoms with Crippen LogP contribution in [-0.4, -0.2) is 21.0 Å². The summed E-state index contributed by atoms with van der Waals surface area (Å²) >= 11 is 0. The highest BCUT2D eigenvalue weighted by Crippen LogP contribution is 2.29. The zero-order valence-corrected chi connectivity index (χ0v) is 13.1. The van der Waals surface area contributed by atoms with E-state index in [4.69, 9.17) is 0 Å². The van der Waals surface area contributed by atoms with Gasteiger partial charge in [-0.05, 0) is 19.1 Å². The van der Waals surface area contributed by atoms with Crippen molar-refractivity contribution in [3.8, 4) is 0 Å². The van der Waals surface area contributed by atoms with E-state index in [1.165, 1.54) is 12.1 Å². The van der Waals surface area contributed by atoms with Gasteiger partial charge in [0.1, 0.15) is 5.69 Å². The van der Waals surface area contributed by atoms with E-state index in [1.807, 2.05) is 31.2 Å². The van der Waals surface area contributed by atoms with Crippen molar-refractivity contribution in [1.82, 2.24) is 4.98 Å². The summed E-state index contributed by atoms with van der Waals surface area (Å²) in [6, 6.07) is 11.0. The number of nitro benzene ring substituents is 2. The van der Waals surface area contributed by atoms with Crippen LogP contribution in [0.4, 0.5) is 17.1 Å². The molecule has 0 aliphatic rings. The summed E-state index contributed by atoms with van der Waals surface area (Å²) in [5, 5.41) is 26.9. The first kappa shape index (κ1) is 16.1. The van der Waals surface area contributed by atoms with Crippen molar-refractivity contribution in [3.63, 3.8) is 0 Å². The van der Waals surface area contributed by atoms with Gasteiger partial charge in [-0.25, -0.2) is 0 Å². The molecule has 0 aliphatic heterocycles. The average Bonchev–Trinajstić information content (AvgIpc) is 2.90. The maximum absolute atomic E-state index is 11.1. The lowest BCUT2D eigenvalue weighted by atomic mass is 10.1. The minimum absolute atomic E-state index is 0.0735. The quantitative estimate of drug-likeness (QED) is 0.416. The SMILES string of the molecule is Cc1[nH]c2ccccc2c1/C=N/Nc1ccc([N+](=O)[O-])cc1[N+](=O)[O-]. The van der Waals surface area contributed by atoms with Crippen LogP contribution in [0.3, 0.4) is 0 Å². The van der Waals surface area contributed by atoms with Crippen LogP contribution in [0.1, 0.15) is 11.3 Å². The molecule has 0 spiro atoms. The van der Waals surface area contributed by atoms with E-state index in [0.717, 1.165) is 28.2 Å². The number of anilines is 1. The van der Waals surface area contributed by atoms with E-state index in [0.29, 0.717) is 0 Å². The van der Waals surface area contributed by atoms with Gasteiger partial charge < -0.3 is 4.98 Å². The van der Waals surface area contributed by atoms with Gasteiger partial charge in [0, 0.05) is 28.2 Å². The van der Waals surface area contributed by atoms with Crippen LogP contribution in [0.25, 0.3) is 10.9 Å². The Balaban J connectivity index is 1.90. The molecule has 25 heavy (non-hydrogen) atoms. The molecule has 9 heteroatoms. The molecule has 0 amide bonds. The van der Waals surface area contributed by atoms with Gasteiger partial charge in [0.05, 0.1) is 22.1 Å². The third kappa shape index (κ3) is 3.15. The topological polar surface area (TPSA) is 126 Å². The molecule has 9 nitrogen and oxygen atoms in total. The molecule has 0 bridgehead atoms. The zero-order chi connectivity index (χ0) is 18.0. The summed E-state index contributed by atoms with van der Waals surface area (Å²) in [5.74, 6) is 0. The molecule has 0 saturated heterocycles. The third-order valence-electron chi connectivity index (χ3n) is 3.71. The summed E-state index contributed by atoms with van der Waals surface area (Å²) < 4.78 is 0. The number of nitro groups is 2. The number of para-hydroxylation sites is 1. The predicted molar refractivity (Wildman–Crippen MR) is 94.0 cm³/mol. The zero-order valence-electron chi connectivity index (χ0n) is 13.1. The highest BCUT2D eigenvalue weighted by atomic mass is 16.6. The first-order valence-electron chi connectivity index (χ1n) is 7.26. The van der Waals surface area contributed by atoms with Gasteiger partial charge in [0.25, 0.3) is 5.69 Å². The summed E-state index contributed by atoms with van der Waals surface area (Å²) in [6.45, 7) is 1.90. The van der Waals surface area contributed by atoms with E-state index in [1.54, 1.807) is 6.21 Å². The van der Waals surface area contributed by atoms with Crippen LogP contribution in [0, 0.1) is 27.2 Å². The molecule has 0 atom stereocenters. The second-order valence-electron chi connectivity index (χ2n) is 5.29. The Hall–Kier alpha value is -3.75. The molecule has 3 rings (SSSR count). The van der Waals surface area contributed by atoms with Crippen LogP contribution in [-0.2, 0) is 0 Å². The molecule has 1 aromatic heterocycles. The molecule has 1 heterocycles. The Morgan fingerprint density at radius 3 is 2.60 bits per heavy atom. The van der Waals surface area contributed by atoms with Crippen LogP contribution >= 0.6 is 0 Å². The van der Waals surface area contributed by atoms with Crippen LogP contribution < -0.4 is 5.43 Å². The number of non-ortho nitro benzene ring substituents is 1. The Morgan fingerprint density at radius 2 is 1.88 bits per heavy atom. The first-order valence-corrected chi connectivity index (χ1v) is 7.26. The molecule has 0 saturated carbocycles. The van der Waals surface area contributed by atoms with Crippen molar-refractivity contribution in [2.45, 2.75) is 6.92 Å². The Labute approximate surface area is 141 Å². The van der Waals surface area contributed by atoms with Crippen molar-refractivity contribution in [2.24, 2.45) is 5.10 Å². The predicted octanol–water partition coefficient (Wildman–Crippen LogP) is 3.74. The number of benzene rings is 2. The number of aryl methyl sites for hydroxylation is 1. The van der Waals surface area contributed by atoms with Crippen LogP contribution in [0.2, 0.25) is 0 Å². The molecule has 0 aliphatic carbocycles. The summed E-state index contributed by atoms with van der Waals surface area (Å²) in [4.78, 5) is 23.7. The number of aromatic amines is 1. The second-order valence-corrected chi connectivity index (χ2v) is 5.29. The van der Waals surface area contributed by atoms with Gasteiger partial charge in [-0.1, -0.05) is 18.2 Å². The number of rotatable bonds is 5. The lowest BCUT2D eigenvalue weighted by Crippen LogP contribution is -1.99. The van der Waals surface area contributed by atoms with Gasteiger partial charge in [0.2, 0.25) is 0 Å². The van der Waals surface area contributed by atoms with E-state index in [-0.39, 0.29) is 11.4 Å². The highest BCUT2D eigenvalue weighted by Gasteiger charge is 2.19. The molecular weight excluding hydrogens is 326 g/mol. The van der Waals surface area contributed by atoms with Gasteiger partial charge in [-0.15, -0.1) is 0 Å². The Bertz CT molecular complexity index is 1010. The van der Waals surface area contributed by atoms with E-state index in [2.05, 4.69) is 15.5 Å². The molecule has 0 radical (unpaired) electrons. The minimum atomic E-state index is -0.693. The highest BCUT2D eigenvalue weighted by molar-refractivity contribution is 6.00. The number of fused-ring (bicyclic) bond motifs is 1. The van der Waals surface area contributed by atoms with Gasteiger partial charge in [-0.3, -0.25) is 25.7 Å². The van der Waals surface area contributed by atoms with Crippen molar-refractivity contribution < 1.29 is 9.85 Å². The molecule has 0 unspecified atom stereocenters. The van der Waals surface area contributed by atoms with Crippen LogP contribution in [0.5, 0.6) is 0 Å². The van der Waals surface area contributed by atoms with E-state index >= 15 is 0 Å². The van der Waals surface area contributed by atoms with Crippen molar-refractivity contribution in [3.05, 3.63) is 74.0 Å². The molecular formula is C16H13N5O4. The van der Waals surface area contributed by atoms with Gasteiger partial charge in [0.15, 0.2) is 0 Å². The van der Waals surface area contributed by atoms with Gasteiger partial charge in [-0.2, -0.15) is 5.10 Å². The summed E-state index contributed by atoms with van der Waals surface area (Å²) in [5.41, 5.74) is 4.61. The van der Waals surface area contributed by atoms with E-state index < -0.39 is 15.5 Å². The van der Waals surface area contributed by atoms with Crippen molar-refractivity contribution >= 4 is 34.2 Å². The smallest absolute Gasteiger partial charge is 0.301 e. The number of hydrazone groups is 1. The van der Waals surface area contributed by atoms with Crippen LogP contribution in [0.15, 0.2) is 47.6 Å². The van der Waals surface area contributed by atoms with Crippen molar-refractivity contribution in [2.75, 3.05) is 5.43 Å². The molecule has 3 aromatic rings. The summed E-state index contributed by atoms with van der Waals surface area (Å²) in [6.07, 6.45) is 1.55. The lowest BCUT2D eigenvalue weighted by molar-refractivity contribution is -0.393. The first-order chi connectivity index (χ1) is 12.0. The fourth-order valence-corrected chi connectivity index (χ4v) is 2.51. The molecule has 0 fully saturated rings.